The Hall–Kier alpha value is -2.02. The average Bonchev–Trinajstić information content (AvgIpc) is 3.03. The van der Waals surface area contributed by atoms with Gasteiger partial charge in [-0.1, -0.05) is 0 Å². The number of ether oxygens (including phenoxy) is 1. The number of benzene rings is 1. The standard InChI is InChI=1S/C13H16FN5O/c1-8-9(4-5-20-8)7-19-13(16-17-18-19)11-6-10(15)2-3-12(11)14/h2-3,6,8-9H,4-5,7,15H2,1H3. The second-order valence-corrected chi connectivity index (χ2v) is 5.05. The molecule has 1 fully saturated rings. The van der Waals surface area contributed by atoms with Crippen LogP contribution in [0, 0.1) is 11.7 Å². The Morgan fingerprint density at radius 2 is 2.35 bits per heavy atom. The summed E-state index contributed by atoms with van der Waals surface area (Å²) in [6.45, 7) is 3.39. The Bertz CT molecular complexity index is 615. The van der Waals surface area contributed by atoms with Crippen LogP contribution in [0.5, 0.6) is 0 Å². The van der Waals surface area contributed by atoms with E-state index in [-0.39, 0.29) is 11.9 Å². The summed E-state index contributed by atoms with van der Waals surface area (Å²) in [5.41, 5.74) is 6.51. The van der Waals surface area contributed by atoms with E-state index in [1.807, 2.05) is 6.92 Å². The Morgan fingerprint density at radius 3 is 3.10 bits per heavy atom. The average molecular weight is 277 g/mol. The van der Waals surface area contributed by atoms with Gasteiger partial charge in [0, 0.05) is 18.2 Å². The Morgan fingerprint density at radius 1 is 1.50 bits per heavy atom. The SMILES string of the molecule is CC1OCCC1Cn1nnnc1-c1cc(N)ccc1F. The molecule has 2 unspecified atom stereocenters. The maximum absolute atomic E-state index is 13.9. The molecule has 3 rings (SSSR count). The van der Waals surface area contributed by atoms with Gasteiger partial charge in [-0.2, -0.15) is 0 Å². The van der Waals surface area contributed by atoms with Crippen LogP contribution in [0.25, 0.3) is 11.4 Å². The van der Waals surface area contributed by atoms with Crippen LogP contribution in [-0.2, 0) is 11.3 Å². The fourth-order valence-corrected chi connectivity index (χ4v) is 2.47. The second-order valence-electron chi connectivity index (χ2n) is 5.05. The summed E-state index contributed by atoms with van der Waals surface area (Å²) in [6, 6.07) is 4.39. The molecule has 0 spiro atoms. The molecule has 0 amide bonds. The lowest BCUT2D eigenvalue weighted by molar-refractivity contribution is 0.101. The molecule has 2 aromatic rings. The zero-order chi connectivity index (χ0) is 14.1. The van der Waals surface area contributed by atoms with E-state index in [2.05, 4.69) is 15.5 Å². The number of halogens is 1. The van der Waals surface area contributed by atoms with Crippen LogP contribution in [0.4, 0.5) is 10.1 Å². The molecular formula is C13H16FN5O. The number of rotatable bonds is 3. The van der Waals surface area contributed by atoms with E-state index in [0.717, 1.165) is 13.0 Å². The molecule has 0 bridgehead atoms. The number of nitrogens with zero attached hydrogens (tertiary/aromatic N) is 4. The minimum atomic E-state index is -0.383. The monoisotopic (exact) mass is 277 g/mol. The zero-order valence-corrected chi connectivity index (χ0v) is 11.2. The van der Waals surface area contributed by atoms with Crippen molar-refractivity contribution in [3.8, 4) is 11.4 Å². The lowest BCUT2D eigenvalue weighted by Crippen LogP contribution is -2.19. The van der Waals surface area contributed by atoms with E-state index in [1.165, 1.54) is 12.1 Å². The highest BCUT2D eigenvalue weighted by Gasteiger charge is 2.26. The zero-order valence-electron chi connectivity index (χ0n) is 11.2. The van der Waals surface area contributed by atoms with Crippen molar-refractivity contribution in [2.24, 2.45) is 5.92 Å². The molecule has 1 aliphatic rings. The molecule has 0 radical (unpaired) electrons. The molecule has 0 aliphatic carbocycles. The number of anilines is 1. The first-order chi connectivity index (χ1) is 9.65. The molecule has 1 aliphatic heterocycles. The van der Waals surface area contributed by atoms with Crippen molar-refractivity contribution in [3.63, 3.8) is 0 Å². The number of nitrogen functional groups attached to an aromatic ring is 1. The van der Waals surface area contributed by atoms with Crippen LogP contribution in [0.2, 0.25) is 0 Å². The van der Waals surface area contributed by atoms with Crippen LogP contribution < -0.4 is 5.73 Å². The highest BCUT2D eigenvalue weighted by molar-refractivity contribution is 5.61. The lowest BCUT2D eigenvalue weighted by Gasteiger charge is -2.14. The van der Waals surface area contributed by atoms with Gasteiger partial charge in [-0.3, -0.25) is 0 Å². The molecule has 1 aromatic carbocycles. The lowest BCUT2D eigenvalue weighted by atomic mass is 10.0. The largest absolute Gasteiger partial charge is 0.399 e. The van der Waals surface area contributed by atoms with E-state index in [4.69, 9.17) is 10.5 Å². The molecule has 20 heavy (non-hydrogen) atoms. The van der Waals surface area contributed by atoms with Gasteiger partial charge in [0.25, 0.3) is 0 Å². The molecule has 6 nitrogen and oxygen atoms in total. The van der Waals surface area contributed by atoms with Gasteiger partial charge in [0.1, 0.15) is 5.82 Å². The van der Waals surface area contributed by atoms with Crippen molar-refractivity contribution < 1.29 is 9.13 Å². The van der Waals surface area contributed by atoms with E-state index in [9.17, 15) is 4.39 Å². The van der Waals surface area contributed by atoms with Crippen molar-refractivity contribution in [3.05, 3.63) is 24.0 Å². The number of nitrogens with two attached hydrogens (primary N) is 1. The highest BCUT2D eigenvalue weighted by atomic mass is 19.1. The Labute approximate surface area is 115 Å². The van der Waals surface area contributed by atoms with Crippen LogP contribution in [-0.4, -0.2) is 32.9 Å². The summed E-state index contributed by atoms with van der Waals surface area (Å²) in [5.74, 6) is 0.348. The van der Waals surface area contributed by atoms with Crippen molar-refractivity contribution in [1.82, 2.24) is 20.2 Å². The quantitative estimate of drug-likeness (QED) is 0.860. The van der Waals surface area contributed by atoms with E-state index >= 15 is 0 Å². The number of tetrazole rings is 1. The van der Waals surface area contributed by atoms with Gasteiger partial charge >= 0.3 is 0 Å². The molecule has 2 heterocycles. The van der Waals surface area contributed by atoms with Gasteiger partial charge < -0.3 is 10.5 Å². The third-order valence-corrected chi connectivity index (χ3v) is 3.70. The fraction of sp³-hybridized carbons (Fsp3) is 0.462. The normalized spacial score (nSPS) is 22.3. The van der Waals surface area contributed by atoms with Gasteiger partial charge in [0.2, 0.25) is 0 Å². The Balaban J connectivity index is 1.91. The number of aromatic nitrogens is 4. The summed E-state index contributed by atoms with van der Waals surface area (Å²) in [7, 11) is 0. The smallest absolute Gasteiger partial charge is 0.185 e. The predicted molar refractivity (Wildman–Crippen MR) is 71.1 cm³/mol. The van der Waals surface area contributed by atoms with Crippen molar-refractivity contribution in [2.75, 3.05) is 12.3 Å². The predicted octanol–water partition coefficient (Wildman–Crippen LogP) is 1.49. The van der Waals surface area contributed by atoms with Gasteiger partial charge in [0.05, 0.1) is 18.2 Å². The minimum absolute atomic E-state index is 0.165. The number of hydrogen-bond donors (Lipinski definition) is 1. The molecule has 7 heteroatoms. The van der Waals surface area contributed by atoms with E-state index in [0.29, 0.717) is 29.5 Å². The minimum Gasteiger partial charge on any atom is -0.399 e. The molecule has 106 valence electrons. The first kappa shape index (κ1) is 13.0. The first-order valence-electron chi connectivity index (χ1n) is 6.58. The van der Waals surface area contributed by atoms with Crippen molar-refractivity contribution in [1.29, 1.82) is 0 Å². The molecule has 0 saturated carbocycles. The summed E-state index contributed by atoms with van der Waals surface area (Å²) in [4.78, 5) is 0. The molecule has 1 aromatic heterocycles. The topological polar surface area (TPSA) is 78.8 Å². The maximum atomic E-state index is 13.9. The van der Waals surface area contributed by atoms with Gasteiger partial charge in [-0.25, -0.2) is 9.07 Å². The summed E-state index contributed by atoms with van der Waals surface area (Å²) in [5, 5.41) is 11.5. The van der Waals surface area contributed by atoms with Crippen LogP contribution in [0.15, 0.2) is 18.2 Å². The highest BCUT2D eigenvalue weighted by Crippen LogP contribution is 2.26. The third kappa shape index (κ3) is 2.36. The maximum Gasteiger partial charge on any atom is 0.185 e. The summed E-state index contributed by atoms with van der Waals surface area (Å²) >= 11 is 0. The van der Waals surface area contributed by atoms with Gasteiger partial charge in [-0.05, 0) is 42.0 Å². The summed E-state index contributed by atoms with van der Waals surface area (Å²) < 4.78 is 21.1. The molecular weight excluding hydrogens is 261 g/mol. The molecule has 2 atom stereocenters. The van der Waals surface area contributed by atoms with Crippen LogP contribution in [0.1, 0.15) is 13.3 Å². The molecule has 2 N–H and O–H groups in total. The van der Waals surface area contributed by atoms with Gasteiger partial charge in [-0.15, -0.1) is 5.10 Å². The number of hydrogen-bond acceptors (Lipinski definition) is 5. The van der Waals surface area contributed by atoms with Crippen molar-refractivity contribution >= 4 is 5.69 Å². The van der Waals surface area contributed by atoms with Gasteiger partial charge in [0.15, 0.2) is 5.82 Å². The van der Waals surface area contributed by atoms with Crippen LogP contribution in [0.3, 0.4) is 0 Å². The van der Waals surface area contributed by atoms with E-state index < -0.39 is 0 Å². The fourth-order valence-electron chi connectivity index (χ4n) is 2.47. The third-order valence-electron chi connectivity index (χ3n) is 3.70. The Kier molecular flexibility index (Phi) is 3.35. The second kappa shape index (κ2) is 5.16. The van der Waals surface area contributed by atoms with E-state index in [1.54, 1.807) is 10.7 Å². The molecule has 1 saturated heterocycles. The summed E-state index contributed by atoms with van der Waals surface area (Å²) in [6.07, 6.45) is 1.12. The van der Waals surface area contributed by atoms with Crippen molar-refractivity contribution in [2.45, 2.75) is 26.0 Å². The first-order valence-corrected chi connectivity index (χ1v) is 6.58. The van der Waals surface area contributed by atoms with Crippen LogP contribution >= 0.6 is 0 Å².